The minimum atomic E-state index is -4.40. The van der Waals surface area contributed by atoms with Crippen LogP contribution in [0.15, 0.2) is 30.6 Å². The van der Waals surface area contributed by atoms with Gasteiger partial charge in [0.2, 0.25) is 5.65 Å². The molecule has 0 aliphatic rings. The van der Waals surface area contributed by atoms with Gasteiger partial charge in [-0.05, 0) is 12.1 Å². The van der Waals surface area contributed by atoms with E-state index in [4.69, 9.17) is 6.57 Å². The molecule has 22 heavy (non-hydrogen) atoms. The molecule has 0 atom stereocenters. The van der Waals surface area contributed by atoms with Gasteiger partial charge in [0.05, 0.1) is 11.9 Å². The van der Waals surface area contributed by atoms with Gasteiger partial charge in [0.15, 0.2) is 5.69 Å². The topological polar surface area (TPSA) is 48.0 Å². The number of aromatic nitrogens is 4. The van der Waals surface area contributed by atoms with Crippen LogP contribution >= 0.6 is 0 Å². The summed E-state index contributed by atoms with van der Waals surface area (Å²) in [6.07, 6.45) is -2.88. The lowest BCUT2D eigenvalue weighted by molar-refractivity contribution is -0.137. The average Bonchev–Trinajstić information content (AvgIpc) is 2.87. The van der Waals surface area contributed by atoms with Gasteiger partial charge < -0.3 is 9.41 Å². The summed E-state index contributed by atoms with van der Waals surface area (Å²) in [6, 6.07) is 4.62. The summed E-state index contributed by atoms with van der Waals surface area (Å²) in [4.78, 5) is 15.3. The van der Waals surface area contributed by atoms with Gasteiger partial charge in [-0.1, -0.05) is 12.1 Å². The molecule has 0 N–H and O–H groups in total. The second-order valence-electron chi connectivity index (χ2n) is 4.59. The first-order valence-electron chi connectivity index (χ1n) is 6.14. The van der Waals surface area contributed by atoms with Crippen LogP contribution in [0.3, 0.4) is 0 Å². The van der Waals surface area contributed by atoms with Crippen LogP contribution in [-0.2, 0) is 13.2 Å². The molecule has 0 spiro atoms. The lowest BCUT2D eigenvalue weighted by Gasteiger charge is -2.07. The number of fused-ring (bicyclic) bond motifs is 1. The van der Waals surface area contributed by atoms with Crippen LogP contribution < -0.4 is 0 Å². The molecule has 0 saturated heterocycles. The maximum atomic E-state index is 12.6. The van der Waals surface area contributed by atoms with Gasteiger partial charge in [-0.3, -0.25) is 0 Å². The predicted molar refractivity (Wildman–Crippen MR) is 73.0 cm³/mol. The molecule has 2 heterocycles. The summed E-state index contributed by atoms with van der Waals surface area (Å²) < 4.78 is 39.5. The highest BCUT2D eigenvalue weighted by Crippen LogP contribution is 2.32. The molecular formula is C14H8F3N5. The summed E-state index contributed by atoms with van der Waals surface area (Å²) in [6.45, 7) is 7.02. The first-order chi connectivity index (χ1) is 10.4. The van der Waals surface area contributed by atoms with Crippen molar-refractivity contribution in [3.8, 4) is 11.3 Å². The van der Waals surface area contributed by atoms with Crippen LogP contribution in [0.2, 0.25) is 0 Å². The van der Waals surface area contributed by atoms with E-state index >= 15 is 0 Å². The first kappa shape index (κ1) is 14.0. The van der Waals surface area contributed by atoms with Gasteiger partial charge in [-0.25, -0.2) is 4.98 Å². The molecule has 3 rings (SSSR count). The largest absolute Gasteiger partial charge is 0.416 e. The van der Waals surface area contributed by atoms with Crippen LogP contribution in [0.5, 0.6) is 0 Å². The van der Waals surface area contributed by atoms with E-state index in [0.29, 0.717) is 22.4 Å². The predicted octanol–water partition coefficient (Wildman–Crippen LogP) is 3.60. The van der Waals surface area contributed by atoms with Crippen LogP contribution in [0, 0.1) is 6.57 Å². The molecule has 0 aliphatic carbocycles. The van der Waals surface area contributed by atoms with Crippen LogP contribution in [0.1, 0.15) is 5.56 Å². The molecule has 8 heteroatoms. The summed E-state index contributed by atoms with van der Waals surface area (Å²) >= 11 is 0. The number of halogens is 3. The number of imidazole rings is 1. The molecule has 0 fully saturated rings. The summed E-state index contributed by atoms with van der Waals surface area (Å²) in [5.41, 5.74) is 1.00. The van der Waals surface area contributed by atoms with Crippen molar-refractivity contribution in [3.05, 3.63) is 47.6 Å². The van der Waals surface area contributed by atoms with E-state index in [0.717, 1.165) is 12.1 Å². The Kier molecular flexibility index (Phi) is 3.06. The molecule has 5 nitrogen and oxygen atoms in total. The first-order valence-corrected chi connectivity index (χ1v) is 6.14. The van der Waals surface area contributed by atoms with E-state index in [1.807, 2.05) is 0 Å². The van der Waals surface area contributed by atoms with Crippen molar-refractivity contribution >= 4 is 17.1 Å². The number of aryl methyl sites for hydroxylation is 1. The average molecular weight is 303 g/mol. The number of hydrogen-bond acceptors (Lipinski definition) is 3. The van der Waals surface area contributed by atoms with E-state index in [9.17, 15) is 13.2 Å². The Hall–Kier alpha value is -2.95. The lowest BCUT2D eigenvalue weighted by Crippen LogP contribution is -2.04. The van der Waals surface area contributed by atoms with E-state index in [1.165, 1.54) is 18.5 Å². The quantitative estimate of drug-likeness (QED) is 0.645. The third kappa shape index (κ3) is 2.26. The van der Waals surface area contributed by atoms with E-state index in [2.05, 4.69) is 19.8 Å². The second-order valence-corrected chi connectivity index (χ2v) is 4.59. The summed E-state index contributed by atoms with van der Waals surface area (Å²) in [5.74, 6) is -0.0962. The summed E-state index contributed by atoms with van der Waals surface area (Å²) in [7, 11) is 1.73. The molecule has 0 bridgehead atoms. The number of hydrogen-bond donors (Lipinski definition) is 0. The van der Waals surface area contributed by atoms with Crippen LogP contribution in [0.25, 0.3) is 27.3 Å². The normalized spacial score (nSPS) is 11.6. The highest BCUT2D eigenvalue weighted by molar-refractivity contribution is 5.88. The maximum Gasteiger partial charge on any atom is 0.416 e. The SMILES string of the molecule is [C-]#[N+]c1nc(-c2ccc(C(F)(F)F)cc2)c2c(ncn2C)n1. The standard InChI is InChI=1S/C14H8F3N5/c1-18-13-20-10(11-12(21-13)19-7-22(11)2)8-3-5-9(6-4-8)14(15,16)17/h3-7H,2H3. The van der Waals surface area contributed by atoms with Gasteiger partial charge in [-0.15, -0.1) is 16.5 Å². The monoisotopic (exact) mass is 303 g/mol. The molecule has 1 aromatic carbocycles. The van der Waals surface area contributed by atoms with Crippen molar-refractivity contribution in [1.82, 2.24) is 19.5 Å². The molecule has 2 aromatic heterocycles. The maximum absolute atomic E-state index is 12.6. The van der Waals surface area contributed by atoms with Crippen molar-refractivity contribution in [3.63, 3.8) is 0 Å². The van der Waals surface area contributed by atoms with Crippen molar-refractivity contribution in [2.75, 3.05) is 0 Å². The fraction of sp³-hybridized carbons (Fsp3) is 0.143. The van der Waals surface area contributed by atoms with Gasteiger partial charge in [0.1, 0.15) is 5.52 Å². The van der Waals surface area contributed by atoms with Gasteiger partial charge in [0.25, 0.3) is 0 Å². The molecule has 0 radical (unpaired) electrons. The molecule has 3 aromatic rings. The fourth-order valence-corrected chi connectivity index (χ4v) is 2.11. The van der Waals surface area contributed by atoms with E-state index in [-0.39, 0.29) is 5.95 Å². The van der Waals surface area contributed by atoms with Gasteiger partial charge >= 0.3 is 12.1 Å². The Morgan fingerprint density at radius 2 is 1.82 bits per heavy atom. The molecular weight excluding hydrogens is 295 g/mol. The molecule has 110 valence electrons. The highest BCUT2D eigenvalue weighted by atomic mass is 19.4. The number of alkyl halides is 3. The second kappa shape index (κ2) is 4.80. The zero-order valence-corrected chi connectivity index (χ0v) is 11.3. The van der Waals surface area contributed by atoms with Crippen LogP contribution in [-0.4, -0.2) is 19.5 Å². The van der Waals surface area contributed by atoms with Crippen LogP contribution in [0.4, 0.5) is 19.1 Å². The van der Waals surface area contributed by atoms with E-state index in [1.54, 1.807) is 11.6 Å². The van der Waals surface area contributed by atoms with Gasteiger partial charge in [-0.2, -0.15) is 13.2 Å². The molecule has 0 saturated carbocycles. The van der Waals surface area contributed by atoms with Crippen molar-refractivity contribution in [2.45, 2.75) is 6.18 Å². The zero-order chi connectivity index (χ0) is 15.9. The fourth-order valence-electron chi connectivity index (χ4n) is 2.11. The smallest absolute Gasteiger partial charge is 0.394 e. The summed E-state index contributed by atoms with van der Waals surface area (Å²) in [5, 5.41) is 0. The molecule has 0 aliphatic heterocycles. The van der Waals surface area contributed by atoms with Crippen molar-refractivity contribution in [1.29, 1.82) is 0 Å². The Bertz CT molecular complexity index is 888. The minimum Gasteiger partial charge on any atom is -0.394 e. The van der Waals surface area contributed by atoms with Crippen molar-refractivity contribution < 1.29 is 13.2 Å². The number of rotatable bonds is 1. The van der Waals surface area contributed by atoms with Gasteiger partial charge in [0, 0.05) is 12.6 Å². The number of benzene rings is 1. The molecule has 0 unspecified atom stereocenters. The highest BCUT2D eigenvalue weighted by Gasteiger charge is 2.30. The van der Waals surface area contributed by atoms with Crippen molar-refractivity contribution in [2.24, 2.45) is 7.05 Å². The Balaban J connectivity index is 2.21. The lowest BCUT2D eigenvalue weighted by atomic mass is 10.1. The Morgan fingerprint density at radius 3 is 2.41 bits per heavy atom. The van der Waals surface area contributed by atoms with E-state index < -0.39 is 11.7 Å². The molecule has 0 amide bonds. The number of nitrogens with zero attached hydrogens (tertiary/aromatic N) is 5. The third-order valence-corrected chi connectivity index (χ3v) is 3.15. The third-order valence-electron chi connectivity index (χ3n) is 3.15. The Morgan fingerprint density at radius 1 is 1.14 bits per heavy atom. The minimum absolute atomic E-state index is 0.0962. The zero-order valence-electron chi connectivity index (χ0n) is 11.3. The Labute approximate surface area is 122 Å².